The minimum atomic E-state index is -0.523. The molecule has 120 valence electrons. The fourth-order valence-corrected chi connectivity index (χ4v) is 1.94. The lowest BCUT2D eigenvalue weighted by Gasteiger charge is -2.11. The Labute approximate surface area is 133 Å². The summed E-state index contributed by atoms with van der Waals surface area (Å²) in [6.45, 7) is 1.63. The van der Waals surface area contributed by atoms with Crippen LogP contribution < -0.4 is 14.8 Å². The lowest BCUT2D eigenvalue weighted by Crippen LogP contribution is -2.20. The molecule has 1 N–H and O–H groups in total. The van der Waals surface area contributed by atoms with E-state index in [1.54, 1.807) is 18.2 Å². The third-order valence-corrected chi connectivity index (χ3v) is 3.03. The van der Waals surface area contributed by atoms with E-state index in [1.165, 1.54) is 25.3 Å². The van der Waals surface area contributed by atoms with E-state index in [0.717, 1.165) is 5.56 Å². The van der Waals surface area contributed by atoms with Crippen LogP contribution in [0, 0.1) is 17.0 Å². The standard InChI is InChI=1S/C16H16N2O5/c1-11-6-7-15(22-2)14(8-11)17-16(19)10-23-13-5-3-4-12(9-13)18(20)21/h3-9H,10H2,1-2H3,(H,17,19). The Morgan fingerprint density at radius 1 is 1.26 bits per heavy atom. The number of carbonyl (C=O) groups excluding carboxylic acids is 1. The van der Waals surface area contributed by atoms with Gasteiger partial charge < -0.3 is 14.8 Å². The number of nitro benzene ring substituents is 1. The maximum absolute atomic E-state index is 12.0. The van der Waals surface area contributed by atoms with Crippen LogP contribution in [-0.2, 0) is 4.79 Å². The van der Waals surface area contributed by atoms with Gasteiger partial charge in [0, 0.05) is 6.07 Å². The lowest BCUT2D eigenvalue weighted by molar-refractivity contribution is -0.384. The van der Waals surface area contributed by atoms with E-state index in [-0.39, 0.29) is 24.0 Å². The number of methoxy groups -OCH3 is 1. The van der Waals surface area contributed by atoms with Gasteiger partial charge in [0.25, 0.3) is 11.6 Å². The Balaban J connectivity index is 1.99. The number of nitrogens with zero attached hydrogens (tertiary/aromatic N) is 1. The molecule has 23 heavy (non-hydrogen) atoms. The van der Waals surface area contributed by atoms with Crippen molar-refractivity contribution in [1.82, 2.24) is 0 Å². The van der Waals surface area contributed by atoms with Gasteiger partial charge in [0.2, 0.25) is 0 Å². The Hall–Kier alpha value is -3.09. The summed E-state index contributed by atoms with van der Waals surface area (Å²) in [6.07, 6.45) is 0. The summed E-state index contributed by atoms with van der Waals surface area (Å²) in [4.78, 5) is 22.1. The minimum absolute atomic E-state index is 0.0942. The first kappa shape index (κ1) is 16.3. The summed E-state index contributed by atoms with van der Waals surface area (Å²) in [6, 6.07) is 11.1. The van der Waals surface area contributed by atoms with Crippen LogP contribution in [0.3, 0.4) is 0 Å². The molecule has 0 heterocycles. The van der Waals surface area contributed by atoms with Crippen LogP contribution in [0.1, 0.15) is 5.56 Å². The third kappa shape index (κ3) is 4.44. The summed E-state index contributed by atoms with van der Waals surface area (Å²) < 4.78 is 10.5. The Morgan fingerprint density at radius 3 is 2.74 bits per heavy atom. The molecule has 7 heteroatoms. The number of nitrogens with one attached hydrogen (secondary N) is 1. The maximum atomic E-state index is 12.0. The second kappa shape index (κ2) is 7.26. The van der Waals surface area contributed by atoms with Gasteiger partial charge in [-0.15, -0.1) is 0 Å². The van der Waals surface area contributed by atoms with Crippen molar-refractivity contribution in [3.63, 3.8) is 0 Å². The monoisotopic (exact) mass is 316 g/mol. The number of carbonyl (C=O) groups is 1. The SMILES string of the molecule is COc1ccc(C)cc1NC(=O)COc1cccc([N+](=O)[O-])c1. The highest BCUT2D eigenvalue weighted by Crippen LogP contribution is 2.25. The molecular formula is C16H16N2O5. The molecule has 0 aliphatic carbocycles. The molecule has 0 saturated carbocycles. The number of hydrogen-bond donors (Lipinski definition) is 1. The minimum Gasteiger partial charge on any atom is -0.495 e. The van der Waals surface area contributed by atoms with Crippen molar-refractivity contribution in [2.45, 2.75) is 6.92 Å². The van der Waals surface area contributed by atoms with Crippen LogP contribution >= 0.6 is 0 Å². The van der Waals surface area contributed by atoms with E-state index >= 15 is 0 Å². The Kier molecular flexibility index (Phi) is 5.14. The van der Waals surface area contributed by atoms with E-state index < -0.39 is 4.92 Å². The molecule has 0 radical (unpaired) electrons. The number of anilines is 1. The number of hydrogen-bond acceptors (Lipinski definition) is 5. The summed E-state index contributed by atoms with van der Waals surface area (Å²) in [5.74, 6) is 0.408. The van der Waals surface area contributed by atoms with Crippen LogP contribution in [0.25, 0.3) is 0 Å². The first-order valence-electron chi connectivity index (χ1n) is 6.81. The normalized spacial score (nSPS) is 10.0. The molecule has 0 aliphatic heterocycles. The second-order valence-electron chi connectivity index (χ2n) is 4.80. The number of amides is 1. The molecule has 2 rings (SSSR count). The van der Waals surface area contributed by atoms with Crippen LogP contribution in [0.5, 0.6) is 11.5 Å². The van der Waals surface area contributed by atoms with Gasteiger partial charge in [-0.2, -0.15) is 0 Å². The molecule has 2 aromatic rings. The number of nitro groups is 1. The van der Waals surface area contributed by atoms with Crippen LogP contribution in [0.15, 0.2) is 42.5 Å². The predicted octanol–water partition coefficient (Wildman–Crippen LogP) is 2.93. The van der Waals surface area contributed by atoms with E-state index in [9.17, 15) is 14.9 Å². The number of non-ortho nitro benzene ring substituents is 1. The molecule has 2 aromatic carbocycles. The number of rotatable bonds is 6. The first-order chi connectivity index (χ1) is 11.0. The topological polar surface area (TPSA) is 90.7 Å². The highest BCUT2D eigenvalue weighted by atomic mass is 16.6. The molecule has 0 spiro atoms. The predicted molar refractivity (Wildman–Crippen MR) is 85.0 cm³/mol. The zero-order chi connectivity index (χ0) is 16.8. The summed E-state index contributed by atoms with van der Waals surface area (Å²) in [7, 11) is 1.51. The van der Waals surface area contributed by atoms with Crippen LogP contribution in [0.4, 0.5) is 11.4 Å². The van der Waals surface area contributed by atoms with Gasteiger partial charge in [-0.05, 0) is 30.7 Å². The van der Waals surface area contributed by atoms with Crippen molar-refractivity contribution in [2.24, 2.45) is 0 Å². The van der Waals surface area contributed by atoms with Gasteiger partial charge in [-0.25, -0.2) is 0 Å². The van der Waals surface area contributed by atoms with Crippen molar-refractivity contribution in [3.8, 4) is 11.5 Å². The maximum Gasteiger partial charge on any atom is 0.273 e. The molecule has 0 saturated heterocycles. The Morgan fingerprint density at radius 2 is 2.04 bits per heavy atom. The van der Waals surface area contributed by atoms with Crippen molar-refractivity contribution in [1.29, 1.82) is 0 Å². The van der Waals surface area contributed by atoms with Crippen molar-refractivity contribution in [2.75, 3.05) is 19.0 Å². The van der Waals surface area contributed by atoms with Gasteiger partial charge in [0.05, 0.1) is 23.8 Å². The highest BCUT2D eigenvalue weighted by molar-refractivity contribution is 5.93. The van der Waals surface area contributed by atoms with Crippen LogP contribution in [-0.4, -0.2) is 24.5 Å². The fourth-order valence-electron chi connectivity index (χ4n) is 1.94. The first-order valence-corrected chi connectivity index (χ1v) is 6.81. The molecule has 0 unspecified atom stereocenters. The van der Waals surface area contributed by atoms with Gasteiger partial charge in [0.15, 0.2) is 6.61 Å². The molecule has 0 bridgehead atoms. The molecule has 7 nitrogen and oxygen atoms in total. The molecule has 0 aliphatic rings. The molecular weight excluding hydrogens is 300 g/mol. The van der Waals surface area contributed by atoms with Crippen molar-refractivity contribution in [3.05, 3.63) is 58.1 Å². The van der Waals surface area contributed by atoms with Crippen molar-refractivity contribution >= 4 is 17.3 Å². The van der Waals surface area contributed by atoms with Crippen LogP contribution in [0.2, 0.25) is 0 Å². The van der Waals surface area contributed by atoms with E-state index in [2.05, 4.69) is 5.32 Å². The van der Waals surface area contributed by atoms with Crippen molar-refractivity contribution < 1.29 is 19.2 Å². The molecule has 0 atom stereocenters. The van der Waals surface area contributed by atoms with Gasteiger partial charge >= 0.3 is 0 Å². The highest BCUT2D eigenvalue weighted by Gasteiger charge is 2.10. The summed E-state index contributed by atoms with van der Waals surface area (Å²) in [5, 5.41) is 13.4. The largest absolute Gasteiger partial charge is 0.495 e. The number of benzene rings is 2. The van der Waals surface area contributed by atoms with Gasteiger partial charge in [0.1, 0.15) is 11.5 Å². The lowest BCUT2D eigenvalue weighted by atomic mass is 10.2. The number of aryl methyl sites for hydroxylation is 1. The molecule has 1 amide bonds. The van der Waals surface area contributed by atoms with E-state index in [1.807, 2.05) is 13.0 Å². The zero-order valence-corrected chi connectivity index (χ0v) is 12.7. The second-order valence-corrected chi connectivity index (χ2v) is 4.80. The average molecular weight is 316 g/mol. The smallest absolute Gasteiger partial charge is 0.273 e. The zero-order valence-electron chi connectivity index (χ0n) is 12.7. The van der Waals surface area contributed by atoms with Gasteiger partial charge in [-0.1, -0.05) is 12.1 Å². The molecule has 0 aromatic heterocycles. The summed E-state index contributed by atoms with van der Waals surface area (Å²) in [5.41, 5.74) is 1.42. The van der Waals surface area contributed by atoms with Gasteiger partial charge in [-0.3, -0.25) is 14.9 Å². The quantitative estimate of drug-likeness (QED) is 0.653. The Bertz CT molecular complexity index is 730. The van der Waals surface area contributed by atoms with E-state index in [4.69, 9.17) is 9.47 Å². The summed E-state index contributed by atoms with van der Waals surface area (Å²) >= 11 is 0. The average Bonchev–Trinajstić information content (AvgIpc) is 2.53. The third-order valence-electron chi connectivity index (χ3n) is 3.03. The fraction of sp³-hybridized carbons (Fsp3) is 0.188. The van der Waals surface area contributed by atoms with E-state index in [0.29, 0.717) is 11.4 Å². The number of ether oxygens (including phenoxy) is 2. The molecule has 0 fully saturated rings.